The average Bonchev–Trinajstić information content (AvgIpc) is 3.24. The van der Waals surface area contributed by atoms with Gasteiger partial charge in [0.1, 0.15) is 0 Å². The maximum absolute atomic E-state index is 5.41. The van der Waals surface area contributed by atoms with Crippen molar-refractivity contribution in [1.29, 1.82) is 0 Å². The summed E-state index contributed by atoms with van der Waals surface area (Å²) in [5, 5.41) is 4.21. The minimum atomic E-state index is 0.314. The number of piperidine rings is 1. The quantitative estimate of drug-likeness (QED) is 0.868. The molecule has 0 unspecified atom stereocenters. The first-order valence-corrected chi connectivity index (χ1v) is 8.10. The van der Waals surface area contributed by atoms with Gasteiger partial charge >= 0.3 is 0 Å². The zero-order chi connectivity index (χ0) is 15.1. The number of hydrogen-bond donors (Lipinski definition) is 0. The first-order valence-electron chi connectivity index (χ1n) is 8.10. The molecular weight excluding hydrogens is 278 g/mol. The van der Waals surface area contributed by atoms with Gasteiger partial charge in [-0.15, -0.1) is 0 Å². The Morgan fingerprint density at radius 1 is 1.05 bits per heavy atom. The lowest BCUT2D eigenvalue weighted by atomic mass is 9.97. The van der Waals surface area contributed by atoms with E-state index in [2.05, 4.69) is 25.0 Å². The van der Waals surface area contributed by atoms with E-state index in [-0.39, 0.29) is 0 Å². The third-order valence-electron chi connectivity index (χ3n) is 4.42. The number of aromatic nitrogens is 4. The van der Waals surface area contributed by atoms with Crippen LogP contribution in [0.2, 0.25) is 0 Å². The van der Waals surface area contributed by atoms with Crippen molar-refractivity contribution in [2.75, 3.05) is 18.0 Å². The van der Waals surface area contributed by atoms with E-state index >= 15 is 0 Å². The molecule has 1 aliphatic heterocycles. The molecule has 1 saturated heterocycles. The number of nitrogens with zero attached hydrogens (tertiary/aromatic N) is 5. The molecule has 6 heteroatoms. The van der Waals surface area contributed by atoms with Crippen molar-refractivity contribution < 1.29 is 4.52 Å². The molecule has 0 spiro atoms. The highest BCUT2D eigenvalue weighted by molar-refractivity contribution is 5.34. The molecule has 2 aromatic rings. The number of anilines is 1. The van der Waals surface area contributed by atoms with E-state index in [9.17, 15) is 0 Å². The van der Waals surface area contributed by atoms with Crippen LogP contribution < -0.4 is 4.90 Å². The normalized spacial score (nSPS) is 22.1. The maximum atomic E-state index is 5.41. The van der Waals surface area contributed by atoms with Crippen LogP contribution in [0.1, 0.15) is 60.6 Å². The van der Waals surface area contributed by atoms with Crippen molar-refractivity contribution in [3.63, 3.8) is 0 Å². The van der Waals surface area contributed by atoms with Gasteiger partial charge in [0, 0.05) is 36.3 Å². The van der Waals surface area contributed by atoms with Gasteiger partial charge in [0.25, 0.3) is 0 Å². The van der Waals surface area contributed by atoms with Gasteiger partial charge in [0.05, 0.1) is 0 Å². The lowest BCUT2D eigenvalue weighted by molar-refractivity contribution is 0.365. The second-order valence-corrected chi connectivity index (χ2v) is 6.50. The van der Waals surface area contributed by atoms with Crippen LogP contribution in [0.3, 0.4) is 0 Å². The zero-order valence-corrected chi connectivity index (χ0v) is 13.1. The van der Waals surface area contributed by atoms with Crippen LogP contribution in [0.15, 0.2) is 10.6 Å². The van der Waals surface area contributed by atoms with Gasteiger partial charge in [0.2, 0.25) is 11.8 Å². The molecule has 116 valence electrons. The van der Waals surface area contributed by atoms with E-state index in [1.165, 1.54) is 12.8 Å². The topological polar surface area (TPSA) is 67.9 Å². The van der Waals surface area contributed by atoms with Crippen LogP contribution in [0.25, 0.3) is 0 Å². The predicted octanol–water partition coefficient (Wildman–Crippen LogP) is 2.74. The SMILES string of the molecule is Cc1cc(C)nc(N2CCC[C@@H](c3noc(C4CC4)n3)C2)n1. The molecule has 0 N–H and O–H groups in total. The predicted molar refractivity (Wildman–Crippen MR) is 82.0 cm³/mol. The van der Waals surface area contributed by atoms with Crippen LogP contribution in [-0.2, 0) is 0 Å². The smallest absolute Gasteiger partial charge is 0.229 e. The van der Waals surface area contributed by atoms with E-state index in [1.807, 2.05) is 19.9 Å². The summed E-state index contributed by atoms with van der Waals surface area (Å²) in [6, 6.07) is 2.01. The molecule has 0 amide bonds. The molecule has 0 aromatic carbocycles. The van der Waals surface area contributed by atoms with Gasteiger partial charge < -0.3 is 9.42 Å². The summed E-state index contributed by atoms with van der Waals surface area (Å²) in [5.74, 6) is 3.34. The number of aryl methyl sites for hydroxylation is 2. The van der Waals surface area contributed by atoms with E-state index in [1.54, 1.807) is 0 Å². The maximum Gasteiger partial charge on any atom is 0.229 e. The van der Waals surface area contributed by atoms with Crippen molar-refractivity contribution in [3.05, 3.63) is 29.2 Å². The molecule has 4 rings (SSSR count). The van der Waals surface area contributed by atoms with Crippen molar-refractivity contribution >= 4 is 5.95 Å². The van der Waals surface area contributed by atoms with E-state index in [0.717, 1.165) is 55.0 Å². The summed E-state index contributed by atoms with van der Waals surface area (Å²) in [5.41, 5.74) is 2.03. The lowest BCUT2D eigenvalue weighted by Crippen LogP contribution is -2.36. The van der Waals surface area contributed by atoms with Gasteiger partial charge in [-0.25, -0.2) is 9.97 Å². The first kappa shape index (κ1) is 13.7. The Morgan fingerprint density at radius 3 is 2.55 bits per heavy atom. The lowest BCUT2D eigenvalue weighted by Gasteiger charge is -2.31. The molecule has 0 radical (unpaired) electrons. The minimum absolute atomic E-state index is 0.314. The van der Waals surface area contributed by atoms with Crippen molar-refractivity contribution in [1.82, 2.24) is 20.1 Å². The van der Waals surface area contributed by atoms with Crippen molar-refractivity contribution in [2.45, 2.75) is 51.4 Å². The monoisotopic (exact) mass is 299 g/mol. The van der Waals surface area contributed by atoms with E-state index in [0.29, 0.717) is 11.8 Å². The Kier molecular flexibility index (Phi) is 3.32. The van der Waals surface area contributed by atoms with Crippen molar-refractivity contribution in [3.8, 4) is 0 Å². The van der Waals surface area contributed by atoms with Crippen LogP contribution in [0.4, 0.5) is 5.95 Å². The fourth-order valence-corrected chi connectivity index (χ4v) is 3.13. The standard InChI is InChI=1S/C16H21N5O/c1-10-8-11(2)18-16(17-10)21-7-3-4-13(9-21)14-19-15(22-20-14)12-5-6-12/h8,12-13H,3-7,9H2,1-2H3/t13-/m1/s1. The fraction of sp³-hybridized carbons (Fsp3) is 0.625. The van der Waals surface area contributed by atoms with Gasteiger partial charge in [-0.05, 0) is 45.6 Å². The van der Waals surface area contributed by atoms with Gasteiger partial charge in [-0.3, -0.25) is 0 Å². The largest absolute Gasteiger partial charge is 0.340 e. The van der Waals surface area contributed by atoms with Gasteiger partial charge in [-0.1, -0.05) is 5.16 Å². The molecule has 1 aliphatic carbocycles. The average molecular weight is 299 g/mol. The molecule has 0 bridgehead atoms. The summed E-state index contributed by atoms with van der Waals surface area (Å²) in [4.78, 5) is 16.0. The summed E-state index contributed by atoms with van der Waals surface area (Å²) >= 11 is 0. The molecule has 1 saturated carbocycles. The summed E-state index contributed by atoms with van der Waals surface area (Å²) in [6.45, 7) is 5.89. The van der Waals surface area contributed by atoms with Crippen LogP contribution in [-0.4, -0.2) is 33.2 Å². The molecule has 2 aromatic heterocycles. The Morgan fingerprint density at radius 2 is 1.82 bits per heavy atom. The van der Waals surface area contributed by atoms with Crippen molar-refractivity contribution in [2.24, 2.45) is 0 Å². The third-order valence-corrected chi connectivity index (χ3v) is 4.42. The summed E-state index contributed by atoms with van der Waals surface area (Å²) in [6.07, 6.45) is 4.59. The first-order chi connectivity index (χ1) is 10.7. The van der Waals surface area contributed by atoms with Gasteiger partial charge in [0.15, 0.2) is 5.82 Å². The summed E-state index contributed by atoms with van der Waals surface area (Å²) < 4.78 is 5.41. The zero-order valence-electron chi connectivity index (χ0n) is 13.1. The fourth-order valence-electron chi connectivity index (χ4n) is 3.13. The molecular formula is C16H21N5O. The molecule has 2 aliphatic rings. The highest BCUT2D eigenvalue weighted by atomic mass is 16.5. The molecule has 1 atom stereocenters. The van der Waals surface area contributed by atoms with E-state index in [4.69, 9.17) is 4.52 Å². The summed E-state index contributed by atoms with van der Waals surface area (Å²) in [7, 11) is 0. The van der Waals surface area contributed by atoms with Crippen LogP contribution >= 0.6 is 0 Å². The third kappa shape index (κ3) is 2.69. The van der Waals surface area contributed by atoms with Gasteiger partial charge in [-0.2, -0.15) is 4.98 Å². The molecule has 2 fully saturated rings. The number of rotatable bonds is 3. The minimum Gasteiger partial charge on any atom is -0.340 e. The Bertz CT molecular complexity index is 659. The second kappa shape index (κ2) is 5.34. The highest BCUT2D eigenvalue weighted by Crippen LogP contribution is 2.39. The molecule has 6 nitrogen and oxygen atoms in total. The Labute approximate surface area is 130 Å². The number of hydrogen-bond acceptors (Lipinski definition) is 6. The van der Waals surface area contributed by atoms with Crippen LogP contribution in [0, 0.1) is 13.8 Å². The van der Waals surface area contributed by atoms with Crippen LogP contribution in [0.5, 0.6) is 0 Å². The molecule has 3 heterocycles. The highest BCUT2D eigenvalue weighted by Gasteiger charge is 2.32. The van der Waals surface area contributed by atoms with E-state index < -0.39 is 0 Å². The molecule has 22 heavy (non-hydrogen) atoms. The Balaban J connectivity index is 1.53. The second-order valence-electron chi connectivity index (χ2n) is 6.50. The Hall–Kier alpha value is -1.98.